The van der Waals surface area contributed by atoms with E-state index < -0.39 is 0 Å². The number of benzene rings is 1. The molecule has 0 saturated carbocycles. The number of H-pyrrole nitrogens is 1. The zero-order valence-electron chi connectivity index (χ0n) is 7.92. The van der Waals surface area contributed by atoms with Crippen molar-refractivity contribution in [3.63, 3.8) is 0 Å². The molecule has 1 aliphatic heterocycles. The molecule has 0 unspecified atom stereocenters. The number of hydrogen-bond donors (Lipinski definition) is 2. The van der Waals surface area contributed by atoms with Gasteiger partial charge in [0, 0.05) is 6.54 Å². The summed E-state index contributed by atoms with van der Waals surface area (Å²) in [5, 5.41) is 3.83. The van der Waals surface area contributed by atoms with E-state index in [2.05, 4.69) is 20.3 Å². The first-order chi connectivity index (χ1) is 7.34. The molecule has 0 spiro atoms. The molecular formula is C10H9ClN4. The Balaban J connectivity index is 2.18. The Hall–Kier alpha value is -1.55. The monoisotopic (exact) mass is 220 g/mol. The number of fused-ring (bicyclic) bond motifs is 1. The van der Waals surface area contributed by atoms with Crippen molar-refractivity contribution in [2.75, 3.05) is 13.1 Å². The van der Waals surface area contributed by atoms with Crippen LogP contribution in [0.25, 0.3) is 11.0 Å². The minimum atomic E-state index is 0.661. The molecule has 2 aromatic rings. The lowest BCUT2D eigenvalue weighted by molar-refractivity contribution is 0.957. The molecular weight excluding hydrogens is 212 g/mol. The van der Waals surface area contributed by atoms with Gasteiger partial charge in [-0.05, 0) is 12.1 Å². The van der Waals surface area contributed by atoms with Crippen LogP contribution < -0.4 is 5.32 Å². The van der Waals surface area contributed by atoms with E-state index in [-0.39, 0.29) is 0 Å². The summed E-state index contributed by atoms with van der Waals surface area (Å²) in [5.41, 5.74) is 1.74. The number of nitrogens with one attached hydrogen (secondary N) is 2. The molecule has 2 heterocycles. The first-order valence-electron chi connectivity index (χ1n) is 4.77. The van der Waals surface area contributed by atoms with Gasteiger partial charge in [-0.2, -0.15) is 0 Å². The van der Waals surface area contributed by atoms with E-state index in [9.17, 15) is 0 Å². The third-order valence-electron chi connectivity index (χ3n) is 2.36. The summed E-state index contributed by atoms with van der Waals surface area (Å²) in [6.07, 6.45) is 0. The van der Waals surface area contributed by atoms with Gasteiger partial charge in [-0.3, -0.25) is 4.99 Å². The Morgan fingerprint density at radius 3 is 3.00 bits per heavy atom. The van der Waals surface area contributed by atoms with Crippen LogP contribution in [0.1, 0.15) is 5.82 Å². The molecule has 15 heavy (non-hydrogen) atoms. The number of rotatable bonds is 1. The van der Waals surface area contributed by atoms with Crippen molar-refractivity contribution in [1.82, 2.24) is 15.3 Å². The molecule has 76 valence electrons. The summed E-state index contributed by atoms with van der Waals surface area (Å²) in [7, 11) is 0. The molecule has 0 fully saturated rings. The fraction of sp³-hybridized carbons (Fsp3) is 0.200. The summed E-state index contributed by atoms with van der Waals surface area (Å²) in [4.78, 5) is 11.9. The number of hydrogen-bond acceptors (Lipinski definition) is 3. The lowest BCUT2D eigenvalue weighted by atomic mass is 10.3. The predicted molar refractivity (Wildman–Crippen MR) is 60.5 cm³/mol. The van der Waals surface area contributed by atoms with E-state index in [4.69, 9.17) is 11.6 Å². The van der Waals surface area contributed by atoms with Crippen LogP contribution in [0.2, 0.25) is 5.02 Å². The molecule has 2 N–H and O–H groups in total. The minimum Gasteiger partial charge on any atom is -0.365 e. The van der Waals surface area contributed by atoms with Gasteiger partial charge < -0.3 is 10.3 Å². The van der Waals surface area contributed by atoms with Gasteiger partial charge in [0.2, 0.25) is 0 Å². The number of aliphatic imine (C=N–C) groups is 1. The number of nitrogens with zero attached hydrogens (tertiary/aromatic N) is 2. The van der Waals surface area contributed by atoms with Gasteiger partial charge in [0.1, 0.15) is 5.52 Å². The Bertz CT molecular complexity index is 543. The highest BCUT2D eigenvalue weighted by atomic mass is 35.5. The zero-order valence-corrected chi connectivity index (χ0v) is 8.67. The van der Waals surface area contributed by atoms with E-state index in [0.29, 0.717) is 5.02 Å². The SMILES string of the molecule is Clc1cccc2[nH]c(C3=NCCN3)nc12. The molecule has 0 amide bonds. The smallest absolute Gasteiger partial charge is 0.173 e. The molecule has 0 saturated heterocycles. The van der Waals surface area contributed by atoms with Crippen LogP contribution in [0, 0.1) is 0 Å². The lowest BCUT2D eigenvalue weighted by Crippen LogP contribution is -2.20. The van der Waals surface area contributed by atoms with Crippen LogP contribution in [0.3, 0.4) is 0 Å². The van der Waals surface area contributed by atoms with Crippen LogP contribution in [0.5, 0.6) is 0 Å². The first kappa shape index (κ1) is 8.73. The molecule has 5 heteroatoms. The Morgan fingerprint density at radius 2 is 2.27 bits per heavy atom. The fourth-order valence-electron chi connectivity index (χ4n) is 1.67. The van der Waals surface area contributed by atoms with Gasteiger partial charge in [0.15, 0.2) is 11.7 Å². The number of aromatic nitrogens is 2. The summed E-state index contributed by atoms with van der Waals surface area (Å²) in [5.74, 6) is 1.58. The Kier molecular flexibility index (Phi) is 1.89. The molecule has 0 aliphatic carbocycles. The summed E-state index contributed by atoms with van der Waals surface area (Å²) in [6, 6.07) is 5.68. The molecule has 0 atom stereocenters. The van der Waals surface area contributed by atoms with Crippen LogP contribution in [0.4, 0.5) is 0 Å². The molecule has 0 radical (unpaired) electrons. The van der Waals surface area contributed by atoms with Crippen LogP contribution >= 0.6 is 11.6 Å². The third-order valence-corrected chi connectivity index (χ3v) is 2.67. The maximum Gasteiger partial charge on any atom is 0.173 e. The topological polar surface area (TPSA) is 53.1 Å². The van der Waals surface area contributed by atoms with Crippen molar-refractivity contribution in [2.45, 2.75) is 0 Å². The second-order valence-electron chi connectivity index (χ2n) is 3.38. The largest absolute Gasteiger partial charge is 0.365 e. The van der Waals surface area contributed by atoms with Crippen molar-refractivity contribution in [3.8, 4) is 0 Å². The second-order valence-corrected chi connectivity index (χ2v) is 3.79. The standard InChI is InChI=1S/C10H9ClN4/c11-6-2-1-3-7-8(6)15-10(14-7)9-12-4-5-13-9/h1-3H,4-5H2,(H,12,13)(H,14,15). The van der Waals surface area contributed by atoms with Gasteiger partial charge in [-0.15, -0.1) is 0 Å². The highest BCUT2D eigenvalue weighted by molar-refractivity contribution is 6.35. The highest BCUT2D eigenvalue weighted by Gasteiger charge is 2.13. The Morgan fingerprint density at radius 1 is 1.33 bits per heavy atom. The molecule has 1 aromatic carbocycles. The van der Waals surface area contributed by atoms with Crippen LogP contribution in [0.15, 0.2) is 23.2 Å². The third kappa shape index (κ3) is 1.37. The van der Waals surface area contributed by atoms with E-state index in [1.54, 1.807) is 0 Å². The summed E-state index contributed by atoms with van der Waals surface area (Å²) in [6.45, 7) is 1.68. The predicted octanol–water partition coefficient (Wildman–Crippen LogP) is 1.57. The average molecular weight is 221 g/mol. The maximum absolute atomic E-state index is 6.03. The zero-order chi connectivity index (χ0) is 10.3. The molecule has 4 nitrogen and oxygen atoms in total. The van der Waals surface area contributed by atoms with Crippen LogP contribution in [-0.4, -0.2) is 28.9 Å². The number of aromatic amines is 1. The van der Waals surface area contributed by atoms with Gasteiger partial charge in [0.25, 0.3) is 0 Å². The molecule has 1 aromatic heterocycles. The summed E-state index contributed by atoms with van der Waals surface area (Å²) >= 11 is 6.03. The van der Waals surface area contributed by atoms with Crippen molar-refractivity contribution < 1.29 is 0 Å². The normalized spacial score (nSPS) is 15.4. The quantitative estimate of drug-likeness (QED) is 0.767. The van der Waals surface area contributed by atoms with Crippen molar-refractivity contribution in [1.29, 1.82) is 0 Å². The summed E-state index contributed by atoms with van der Waals surface area (Å²) < 4.78 is 0. The molecule has 3 rings (SSSR count). The Labute approximate surface area is 91.4 Å². The van der Waals surface area contributed by atoms with E-state index in [1.165, 1.54) is 0 Å². The van der Waals surface area contributed by atoms with Gasteiger partial charge in [-0.25, -0.2) is 4.98 Å². The first-order valence-corrected chi connectivity index (χ1v) is 5.15. The van der Waals surface area contributed by atoms with Crippen molar-refractivity contribution in [3.05, 3.63) is 29.0 Å². The van der Waals surface area contributed by atoms with Gasteiger partial charge in [0.05, 0.1) is 17.1 Å². The maximum atomic E-state index is 6.03. The van der Waals surface area contributed by atoms with Crippen molar-refractivity contribution in [2.24, 2.45) is 4.99 Å². The van der Waals surface area contributed by atoms with Crippen LogP contribution in [-0.2, 0) is 0 Å². The number of amidine groups is 1. The molecule has 0 bridgehead atoms. The van der Waals surface area contributed by atoms with E-state index in [0.717, 1.165) is 35.8 Å². The molecule has 1 aliphatic rings. The fourth-order valence-corrected chi connectivity index (χ4v) is 1.88. The number of para-hydroxylation sites is 1. The van der Waals surface area contributed by atoms with E-state index in [1.807, 2.05) is 18.2 Å². The van der Waals surface area contributed by atoms with Gasteiger partial charge in [-0.1, -0.05) is 17.7 Å². The van der Waals surface area contributed by atoms with E-state index >= 15 is 0 Å². The average Bonchev–Trinajstić information content (AvgIpc) is 2.86. The minimum absolute atomic E-state index is 0.661. The lowest BCUT2D eigenvalue weighted by Gasteiger charge is -1.94. The number of halogens is 1. The second kappa shape index (κ2) is 3.24. The number of imidazole rings is 1. The van der Waals surface area contributed by atoms with Gasteiger partial charge >= 0.3 is 0 Å². The highest BCUT2D eigenvalue weighted by Crippen LogP contribution is 2.20. The van der Waals surface area contributed by atoms with Crippen molar-refractivity contribution >= 4 is 28.5 Å².